The molecule has 56 valence electrons. The third-order valence-corrected chi connectivity index (χ3v) is 1.82. The summed E-state index contributed by atoms with van der Waals surface area (Å²) in [7, 11) is 0. The second-order valence-electron chi connectivity index (χ2n) is 2.57. The molecule has 4 heteroatoms. The highest BCUT2D eigenvalue weighted by Crippen LogP contribution is 2.02. The molecular weight excluding hydrogens is 128 g/mol. The van der Waals surface area contributed by atoms with Crippen LogP contribution >= 0.6 is 0 Å². The molecule has 0 radical (unpaired) electrons. The van der Waals surface area contributed by atoms with Gasteiger partial charge in [-0.2, -0.15) is 5.12 Å². The van der Waals surface area contributed by atoms with Crippen LogP contribution in [0.3, 0.4) is 0 Å². The highest BCUT2D eigenvalue weighted by atomic mass is 15.8. The zero-order valence-corrected chi connectivity index (χ0v) is 5.95. The highest BCUT2D eigenvalue weighted by Gasteiger charge is 2.18. The molecule has 0 atom stereocenters. The van der Waals surface area contributed by atoms with Crippen LogP contribution in [0.4, 0.5) is 0 Å². The van der Waals surface area contributed by atoms with Crippen molar-refractivity contribution in [3.63, 3.8) is 0 Å². The average Bonchev–Trinajstić information content (AvgIpc) is 2.59. The van der Waals surface area contributed by atoms with Crippen LogP contribution in [0.25, 0.3) is 0 Å². The first-order chi connectivity index (χ1) is 4.97. The van der Waals surface area contributed by atoms with Gasteiger partial charge in [0, 0.05) is 13.1 Å². The number of nitrogens with one attached hydrogen (secondary N) is 1. The molecule has 2 aliphatic rings. The lowest BCUT2D eigenvalue weighted by Gasteiger charge is -2.25. The van der Waals surface area contributed by atoms with E-state index in [0.717, 1.165) is 26.2 Å². The third kappa shape index (κ3) is 0.998. The van der Waals surface area contributed by atoms with Crippen LogP contribution in [-0.2, 0) is 0 Å². The number of hydrazine groups is 2. The minimum absolute atomic E-state index is 0.943. The zero-order chi connectivity index (χ0) is 6.81. The Morgan fingerprint density at radius 2 is 2.40 bits per heavy atom. The molecule has 1 N–H and O–H groups in total. The van der Waals surface area contributed by atoms with Gasteiger partial charge in [0.25, 0.3) is 0 Å². The van der Waals surface area contributed by atoms with E-state index >= 15 is 0 Å². The maximum atomic E-state index is 4.13. The van der Waals surface area contributed by atoms with Crippen LogP contribution in [0.15, 0.2) is 4.99 Å². The highest BCUT2D eigenvalue weighted by molar-refractivity contribution is 5.56. The van der Waals surface area contributed by atoms with Gasteiger partial charge in [0.1, 0.15) is 6.34 Å². The molecule has 2 aliphatic heterocycles. The topological polar surface area (TPSA) is 30.9 Å². The van der Waals surface area contributed by atoms with Crippen molar-refractivity contribution in [2.45, 2.75) is 6.42 Å². The summed E-state index contributed by atoms with van der Waals surface area (Å²) >= 11 is 0. The predicted octanol–water partition coefficient (Wildman–Crippen LogP) is -0.544. The molecule has 2 rings (SSSR count). The van der Waals surface area contributed by atoms with Gasteiger partial charge in [-0.15, -0.1) is 0 Å². The molecule has 10 heavy (non-hydrogen) atoms. The number of hydrogen-bond acceptors (Lipinski definition) is 4. The largest absolute Gasteiger partial charge is 0.281 e. The summed E-state index contributed by atoms with van der Waals surface area (Å²) in [6.07, 6.45) is 3.14. The molecule has 2 heterocycles. The van der Waals surface area contributed by atoms with E-state index in [4.69, 9.17) is 0 Å². The van der Waals surface area contributed by atoms with Gasteiger partial charge in [0.15, 0.2) is 0 Å². The van der Waals surface area contributed by atoms with E-state index in [2.05, 4.69) is 20.5 Å². The summed E-state index contributed by atoms with van der Waals surface area (Å²) in [5.74, 6) is 0. The molecular formula is C6H12N4. The van der Waals surface area contributed by atoms with Gasteiger partial charge in [-0.1, -0.05) is 0 Å². The Bertz CT molecular complexity index is 139. The smallest absolute Gasteiger partial charge is 0.101 e. The third-order valence-electron chi connectivity index (χ3n) is 1.82. The van der Waals surface area contributed by atoms with E-state index in [1.807, 2.05) is 6.34 Å². The van der Waals surface area contributed by atoms with Crippen LogP contribution in [0.1, 0.15) is 6.42 Å². The van der Waals surface area contributed by atoms with Crippen molar-refractivity contribution in [3.8, 4) is 0 Å². The molecule has 0 aromatic rings. The Balaban J connectivity index is 1.91. The van der Waals surface area contributed by atoms with E-state index in [-0.39, 0.29) is 0 Å². The molecule has 0 bridgehead atoms. The van der Waals surface area contributed by atoms with E-state index in [0.29, 0.717) is 0 Å². The van der Waals surface area contributed by atoms with Gasteiger partial charge in [-0.25, -0.2) is 5.43 Å². The van der Waals surface area contributed by atoms with Gasteiger partial charge in [0.05, 0.1) is 13.1 Å². The van der Waals surface area contributed by atoms with Crippen molar-refractivity contribution in [1.82, 2.24) is 15.6 Å². The van der Waals surface area contributed by atoms with Crippen molar-refractivity contribution in [3.05, 3.63) is 0 Å². The minimum atomic E-state index is 0.943. The summed E-state index contributed by atoms with van der Waals surface area (Å²) in [6, 6.07) is 0. The quantitative estimate of drug-likeness (QED) is 0.530. The molecule has 1 saturated heterocycles. The summed E-state index contributed by atoms with van der Waals surface area (Å²) in [4.78, 5) is 4.13. The van der Waals surface area contributed by atoms with Crippen LogP contribution in [0.2, 0.25) is 0 Å². The van der Waals surface area contributed by atoms with Crippen molar-refractivity contribution in [2.24, 2.45) is 4.99 Å². The van der Waals surface area contributed by atoms with Crippen molar-refractivity contribution in [1.29, 1.82) is 0 Å². The number of hydrogen-bond donors (Lipinski definition) is 1. The van der Waals surface area contributed by atoms with Crippen molar-refractivity contribution >= 4 is 6.34 Å². The zero-order valence-electron chi connectivity index (χ0n) is 5.95. The summed E-state index contributed by atoms with van der Waals surface area (Å²) in [5.41, 5.74) is 3.27. The maximum absolute atomic E-state index is 4.13. The van der Waals surface area contributed by atoms with Crippen LogP contribution in [0.5, 0.6) is 0 Å². The van der Waals surface area contributed by atoms with Gasteiger partial charge < -0.3 is 0 Å². The summed E-state index contributed by atoms with van der Waals surface area (Å²) in [6.45, 7) is 4.20. The number of nitrogens with zero attached hydrogens (tertiary/aromatic N) is 3. The van der Waals surface area contributed by atoms with Gasteiger partial charge >= 0.3 is 0 Å². The molecule has 0 aromatic heterocycles. The lowest BCUT2D eigenvalue weighted by molar-refractivity contribution is 0.0386. The number of aliphatic imine (C=N–C) groups is 1. The van der Waals surface area contributed by atoms with Crippen LogP contribution in [0, 0.1) is 0 Å². The first kappa shape index (κ1) is 6.12. The molecule has 0 amide bonds. The number of rotatable bonds is 1. The Hall–Kier alpha value is -0.610. The fourth-order valence-electron chi connectivity index (χ4n) is 1.29. The first-order valence-electron chi connectivity index (χ1n) is 3.74. The standard InChI is InChI=1S/C6H12N4/c1-2-8-10(4-1)9-5-3-7-6-9/h6,8H,1-5H2. The summed E-state index contributed by atoms with van der Waals surface area (Å²) < 4.78 is 0. The Labute approximate surface area is 60.5 Å². The summed E-state index contributed by atoms with van der Waals surface area (Å²) in [5, 5.41) is 4.27. The van der Waals surface area contributed by atoms with Crippen molar-refractivity contribution < 1.29 is 0 Å². The Morgan fingerprint density at radius 3 is 3.00 bits per heavy atom. The van der Waals surface area contributed by atoms with Crippen molar-refractivity contribution in [2.75, 3.05) is 26.2 Å². The van der Waals surface area contributed by atoms with Gasteiger partial charge in [-0.3, -0.25) is 10.0 Å². The van der Waals surface area contributed by atoms with E-state index in [9.17, 15) is 0 Å². The lowest BCUT2D eigenvalue weighted by atomic mass is 10.5. The molecule has 4 nitrogen and oxygen atoms in total. The molecule has 0 spiro atoms. The second-order valence-corrected chi connectivity index (χ2v) is 2.57. The molecule has 0 unspecified atom stereocenters. The minimum Gasteiger partial charge on any atom is -0.281 e. The van der Waals surface area contributed by atoms with Gasteiger partial charge in [-0.05, 0) is 6.42 Å². The van der Waals surface area contributed by atoms with Gasteiger partial charge in [0.2, 0.25) is 0 Å². The lowest BCUT2D eigenvalue weighted by Crippen LogP contribution is -2.45. The maximum Gasteiger partial charge on any atom is 0.101 e. The molecule has 0 aliphatic carbocycles. The molecule has 0 aromatic carbocycles. The van der Waals surface area contributed by atoms with E-state index in [1.54, 1.807) is 0 Å². The fourth-order valence-corrected chi connectivity index (χ4v) is 1.29. The average molecular weight is 140 g/mol. The Kier molecular flexibility index (Phi) is 1.56. The normalized spacial score (nSPS) is 26.6. The fraction of sp³-hybridized carbons (Fsp3) is 0.833. The molecule has 1 fully saturated rings. The first-order valence-corrected chi connectivity index (χ1v) is 3.74. The van der Waals surface area contributed by atoms with Crippen LogP contribution in [-0.4, -0.2) is 42.6 Å². The SMILES string of the molecule is C1=NCCN1N1CCCN1. The van der Waals surface area contributed by atoms with E-state index in [1.165, 1.54) is 6.42 Å². The second kappa shape index (κ2) is 2.56. The molecule has 0 saturated carbocycles. The van der Waals surface area contributed by atoms with Crippen LogP contribution < -0.4 is 5.43 Å². The monoisotopic (exact) mass is 140 g/mol. The van der Waals surface area contributed by atoms with E-state index < -0.39 is 0 Å². The predicted molar refractivity (Wildman–Crippen MR) is 39.4 cm³/mol. The Morgan fingerprint density at radius 1 is 1.40 bits per heavy atom.